The molecule has 0 spiro atoms. The molecule has 0 bridgehead atoms. The van der Waals surface area contributed by atoms with E-state index < -0.39 is 18.9 Å². The molecule has 95 valence electrons. The molecule has 0 saturated heterocycles. The van der Waals surface area contributed by atoms with Crippen LogP contribution < -0.4 is 0 Å². The van der Waals surface area contributed by atoms with Crippen molar-refractivity contribution >= 4 is 0 Å². The van der Waals surface area contributed by atoms with Gasteiger partial charge in [-0.2, -0.15) is 13.2 Å². The first kappa shape index (κ1) is 13.8. The predicted octanol–water partition coefficient (Wildman–Crippen LogP) is 3.98. The molecule has 0 aromatic heterocycles. The molecule has 1 fully saturated rings. The molecule has 1 nitrogen and oxygen atoms in total. The first-order valence-electron chi connectivity index (χ1n) is 5.74. The topological polar surface area (TPSA) is 9.23 Å². The van der Waals surface area contributed by atoms with Crippen molar-refractivity contribution in [2.24, 2.45) is 11.3 Å². The van der Waals surface area contributed by atoms with E-state index in [0.717, 1.165) is 25.7 Å². The molecule has 0 heterocycles. The van der Waals surface area contributed by atoms with Crippen molar-refractivity contribution in [1.82, 2.24) is 0 Å². The second-order valence-corrected chi connectivity index (χ2v) is 5.31. The summed E-state index contributed by atoms with van der Waals surface area (Å²) in [5, 5.41) is 0. The van der Waals surface area contributed by atoms with Crippen LogP contribution in [0.1, 0.15) is 39.5 Å². The average molecular weight is 237 g/mol. The van der Waals surface area contributed by atoms with Gasteiger partial charge in [0.05, 0.1) is 6.10 Å². The number of rotatable bonds is 3. The molecule has 2 unspecified atom stereocenters. The van der Waals surface area contributed by atoms with Crippen LogP contribution >= 0.6 is 0 Å². The van der Waals surface area contributed by atoms with E-state index in [0.29, 0.717) is 0 Å². The maximum absolute atomic E-state index is 12.0. The Morgan fingerprint density at radius 2 is 2.00 bits per heavy atom. The first-order valence-corrected chi connectivity index (χ1v) is 5.74. The third-order valence-electron chi connectivity index (χ3n) is 3.50. The van der Waals surface area contributed by atoms with Crippen molar-refractivity contribution in [3.63, 3.8) is 0 Å². The Balaban J connectivity index is 2.49. The zero-order valence-electron chi connectivity index (χ0n) is 9.94. The number of halogens is 3. The quantitative estimate of drug-likeness (QED) is 0.721. The Morgan fingerprint density at radius 3 is 2.50 bits per heavy atom. The fourth-order valence-electron chi connectivity index (χ4n) is 2.53. The van der Waals surface area contributed by atoms with Gasteiger partial charge in [0.1, 0.15) is 6.61 Å². The van der Waals surface area contributed by atoms with Crippen LogP contribution in [-0.2, 0) is 4.74 Å². The van der Waals surface area contributed by atoms with E-state index in [1.165, 1.54) is 0 Å². The highest BCUT2D eigenvalue weighted by Gasteiger charge is 2.38. The van der Waals surface area contributed by atoms with Gasteiger partial charge in [0.2, 0.25) is 0 Å². The Hall–Kier alpha value is -0.250. The van der Waals surface area contributed by atoms with Gasteiger partial charge in [-0.1, -0.05) is 26.7 Å². The average Bonchev–Trinajstić information content (AvgIpc) is 2.12. The van der Waals surface area contributed by atoms with Crippen LogP contribution in [0.5, 0.6) is 0 Å². The minimum Gasteiger partial charge on any atom is -0.368 e. The third kappa shape index (κ3) is 3.96. The summed E-state index contributed by atoms with van der Waals surface area (Å²) in [6.45, 7) is 6.73. The van der Waals surface area contributed by atoms with Crippen LogP contribution in [0, 0.1) is 18.3 Å². The van der Waals surface area contributed by atoms with Crippen molar-refractivity contribution in [3.05, 3.63) is 6.92 Å². The fourth-order valence-corrected chi connectivity index (χ4v) is 2.53. The highest BCUT2D eigenvalue weighted by Crippen LogP contribution is 2.43. The van der Waals surface area contributed by atoms with Gasteiger partial charge < -0.3 is 4.74 Å². The largest absolute Gasteiger partial charge is 0.411 e. The molecule has 1 radical (unpaired) electrons. The van der Waals surface area contributed by atoms with Gasteiger partial charge in [0.25, 0.3) is 0 Å². The summed E-state index contributed by atoms with van der Waals surface area (Å²) in [6, 6.07) is 0. The van der Waals surface area contributed by atoms with Gasteiger partial charge >= 0.3 is 6.18 Å². The summed E-state index contributed by atoms with van der Waals surface area (Å²) >= 11 is 0. The summed E-state index contributed by atoms with van der Waals surface area (Å²) in [5.41, 5.74) is 0.0380. The SMILES string of the molecule is [CH2]C(OCC(F)(F)F)C1CCCCC1(C)C. The number of alkyl halides is 3. The van der Waals surface area contributed by atoms with Crippen LogP contribution in [0.15, 0.2) is 0 Å². The van der Waals surface area contributed by atoms with Crippen molar-refractivity contribution in [3.8, 4) is 0 Å². The molecule has 16 heavy (non-hydrogen) atoms. The molecular weight excluding hydrogens is 217 g/mol. The predicted molar refractivity (Wildman–Crippen MR) is 56.9 cm³/mol. The highest BCUT2D eigenvalue weighted by atomic mass is 19.4. The van der Waals surface area contributed by atoms with Crippen molar-refractivity contribution < 1.29 is 17.9 Å². The highest BCUT2D eigenvalue weighted by molar-refractivity contribution is 4.88. The molecule has 1 rings (SSSR count). The summed E-state index contributed by atoms with van der Waals surface area (Å²) in [4.78, 5) is 0. The summed E-state index contributed by atoms with van der Waals surface area (Å²) in [7, 11) is 0. The first-order chi connectivity index (χ1) is 7.22. The molecule has 0 amide bonds. The standard InChI is InChI=1S/C12H20F3O/c1-9(16-8-12(13,14)15)10-6-4-5-7-11(10,2)3/h9-10H,1,4-8H2,2-3H3. The normalized spacial score (nSPS) is 27.8. The molecule has 2 atom stereocenters. The lowest BCUT2D eigenvalue weighted by atomic mass is 9.67. The molecule has 1 aliphatic carbocycles. The van der Waals surface area contributed by atoms with Gasteiger partial charge in [-0.15, -0.1) is 0 Å². The zero-order valence-corrected chi connectivity index (χ0v) is 9.94. The lowest BCUT2D eigenvalue weighted by Gasteiger charge is -2.41. The monoisotopic (exact) mass is 237 g/mol. The fraction of sp³-hybridized carbons (Fsp3) is 0.917. The summed E-state index contributed by atoms with van der Waals surface area (Å²) in [6.07, 6.45) is -0.644. The molecule has 0 aromatic rings. The van der Waals surface area contributed by atoms with Gasteiger partial charge in [-0.25, -0.2) is 0 Å². The Labute approximate surface area is 95.4 Å². The van der Waals surface area contributed by atoms with E-state index in [1.54, 1.807) is 0 Å². The van der Waals surface area contributed by atoms with Gasteiger partial charge in [-0.05, 0) is 31.1 Å². The molecule has 1 saturated carbocycles. The molecule has 4 heteroatoms. The van der Waals surface area contributed by atoms with Crippen LogP contribution in [0.3, 0.4) is 0 Å². The van der Waals surface area contributed by atoms with E-state index in [2.05, 4.69) is 20.8 Å². The lowest BCUT2D eigenvalue weighted by molar-refractivity contribution is -0.190. The zero-order chi connectivity index (χ0) is 12.4. The molecule has 0 N–H and O–H groups in total. The van der Waals surface area contributed by atoms with Crippen molar-refractivity contribution in [1.29, 1.82) is 0 Å². The Morgan fingerprint density at radius 1 is 1.38 bits per heavy atom. The maximum Gasteiger partial charge on any atom is 0.411 e. The second-order valence-electron chi connectivity index (χ2n) is 5.31. The van der Waals surface area contributed by atoms with Gasteiger partial charge in [0.15, 0.2) is 0 Å². The third-order valence-corrected chi connectivity index (χ3v) is 3.50. The van der Waals surface area contributed by atoms with Crippen molar-refractivity contribution in [2.45, 2.75) is 51.8 Å². The van der Waals surface area contributed by atoms with E-state index in [-0.39, 0.29) is 11.3 Å². The van der Waals surface area contributed by atoms with Crippen LogP contribution in [0.4, 0.5) is 13.2 Å². The van der Waals surface area contributed by atoms with Gasteiger partial charge in [-0.3, -0.25) is 0 Å². The molecule has 1 aliphatic rings. The minimum absolute atomic E-state index is 0.0380. The van der Waals surface area contributed by atoms with E-state index in [9.17, 15) is 13.2 Å². The molecule has 0 aliphatic heterocycles. The number of hydrogen-bond donors (Lipinski definition) is 0. The van der Waals surface area contributed by atoms with E-state index in [1.807, 2.05) is 0 Å². The van der Waals surface area contributed by atoms with Gasteiger partial charge in [0, 0.05) is 0 Å². The Kier molecular flexibility index (Phi) is 4.27. The Bertz CT molecular complexity index is 223. The van der Waals surface area contributed by atoms with E-state index >= 15 is 0 Å². The number of hydrogen-bond acceptors (Lipinski definition) is 1. The van der Waals surface area contributed by atoms with Crippen molar-refractivity contribution in [2.75, 3.05) is 6.61 Å². The van der Waals surface area contributed by atoms with Crippen LogP contribution in [0.25, 0.3) is 0 Å². The smallest absolute Gasteiger partial charge is 0.368 e. The summed E-state index contributed by atoms with van der Waals surface area (Å²) < 4.78 is 40.9. The summed E-state index contributed by atoms with van der Waals surface area (Å²) in [5.74, 6) is 0.128. The van der Waals surface area contributed by atoms with Crippen LogP contribution in [0.2, 0.25) is 0 Å². The second kappa shape index (κ2) is 4.94. The maximum atomic E-state index is 12.0. The lowest BCUT2D eigenvalue weighted by Crippen LogP contribution is -2.38. The molecule has 0 aromatic carbocycles. The van der Waals surface area contributed by atoms with E-state index in [4.69, 9.17) is 4.74 Å². The van der Waals surface area contributed by atoms with Crippen LogP contribution in [-0.4, -0.2) is 18.9 Å². The number of ether oxygens (including phenoxy) is 1. The molecular formula is C12H20F3O. The minimum atomic E-state index is -4.26.